The molecule has 0 atom stereocenters. The first-order valence-electron chi connectivity index (χ1n) is 8.22. The average molecular weight is 422 g/mol. The van der Waals surface area contributed by atoms with Gasteiger partial charge in [0.2, 0.25) is 0 Å². The topological polar surface area (TPSA) is 98.1 Å². The standard InChI is InChI=1S/C19H15Cl2FN4O2/c1-10-16(17(28-26-10)12-3-2-4-15(22)7-12)18(27)25-19(23)24-9-11-5-13(20)8-14(21)6-11/h2-8H,9H2,1H3,(H3,23,24,25,27)/p+1. The Hall–Kier alpha value is -2.74. The molecule has 0 spiro atoms. The zero-order valence-corrected chi connectivity index (χ0v) is 16.3. The first-order chi connectivity index (χ1) is 13.3. The highest BCUT2D eigenvalue weighted by atomic mass is 35.5. The zero-order valence-electron chi connectivity index (χ0n) is 14.7. The molecule has 4 N–H and O–H groups in total. The van der Waals surface area contributed by atoms with E-state index in [1.54, 1.807) is 36.5 Å². The molecule has 0 saturated carbocycles. The van der Waals surface area contributed by atoms with Crippen LogP contribution in [0.2, 0.25) is 10.0 Å². The Morgan fingerprint density at radius 1 is 1.25 bits per heavy atom. The summed E-state index contributed by atoms with van der Waals surface area (Å²) in [5, 5.41) is 6.37. The molecule has 0 bridgehead atoms. The van der Waals surface area contributed by atoms with E-state index in [4.69, 9.17) is 33.5 Å². The van der Waals surface area contributed by atoms with Crippen molar-refractivity contribution in [3.63, 3.8) is 0 Å². The number of rotatable bonds is 4. The van der Waals surface area contributed by atoms with Crippen molar-refractivity contribution in [2.24, 2.45) is 10.7 Å². The third-order valence-corrected chi connectivity index (χ3v) is 4.30. The Bertz CT molecular complexity index is 1050. The summed E-state index contributed by atoms with van der Waals surface area (Å²) in [6.45, 7) is 1.99. The molecular formula is C19H16Cl2FN4O2+. The first kappa shape index (κ1) is 20.0. The van der Waals surface area contributed by atoms with E-state index in [1.807, 2.05) is 0 Å². The third-order valence-electron chi connectivity index (χ3n) is 3.86. The van der Waals surface area contributed by atoms with Crippen molar-refractivity contribution in [1.29, 1.82) is 0 Å². The summed E-state index contributed by atoms with van der Waals surface area (Å²) in [7, 11) is 0. The fourth-order valence-electron chi connectivity index (χ4n) is 2.62. The molecule has 0 radical (unpaired) electrons. The van der Waals surface area contributed by atoms with Crippen molar-refractivity contribution >= 4 is 35.1 Å². The maximum Gasteiger partial charge on any atom is 0.300 e. The molecule has 3 rings (SSSR count). The Kier molecular flexibility index (Phi) is 6.08. The van der Waals surface area contributed by atoms with E-state index in [-0.39, 0.29) is 17.3 Å². The summed E-state index contributed by atoms with van der Waals surface area (Å²) in [5.74, 6) is -0.926. The van der Waals surface area contributed by atoms with Crippen LogP contribution < -0.4 is 11.1 Å². The molecule has 1 amide bonds. The van der Waals surface area contributed by atoms with Crippen LogP contribution in [0.15, 0.2) is 52.0 Å². The van der Waals surface area contributed by atoms with Gasteiger partial charge in [0.05, 0.1) is 5.69 Å². The fraction of sp³-hybridized carbons (Fsp3) is 0.105. The number of hydrogen-bond acceptors (Lipinski definition) is 3. The number of nitrogens with two attached hydrogens (primary N) is 2. The Labute approximate surface area is 170 Å². The lowest BCUT2D eigenvalue weighted by molar-refractivity contribution is -0.558. The van der Waals surface area contributed by atoms with Gasteiger partial charge in [0.25, 0.3) is 11.9 Å². The molecule has 0 aliphatic carbocycles. The number of aliphatic imine (C=N–C) groups is 1. The number of benzene rings is 2. The Morgan fingerprint density at radius 3 is 2.64 bits per heavy atom. The number of quaternary nitrogens is 1. The number of hydrogen-bond donors (Lipinski definition) is 2. The van der Waals surface area contributed by atoms with E-state index in [0.29, 0.717) is 27.8 Å². The van der Waals surface area contributed by atoms with Gasteiger partial charge in [0, 0.05) is 21.2 Å². The summed E-state index contributed by atoms with van der Waals surface area (Å²) in [5.41, 5.74) is 7.54. The lowest BCUT2D eigenvalue weighted by Crippen LogP contribution is -2.89. The summed E-state index contributed by atoms with van der Waals surface area (Å²) in [4.78, 5) is 16.5. The van der Waals surface area contributed by atoms with E-state index >= 15 is 0 Å². The van der Waals surface area contributed by atoms with Crippen molar-refractivity contribution in [2.75, 3.05) is 0 Å². The molecule has 0 saturated heterocycles. The van der Waals surface area contributed by atoms with Gasteiger partial charge in [-0.3, -0.25) is 10.1 Å². The fourth-order valence-corrected chi connectivity index (χ4v) is 3.19. The molecule has 0 fully saturated rings. The van der Waals surface area contributed by atoms with E-state index in [0.717, 1.165) is 5.56 Å². The molecule has 1 aromatic heterocycles. The number of nitrogens with zero attached hydrogens (tertiary/aromatic N) is 2. The average Bonchev–Trinajstić information content (AvgIpc) is 3.01. The molecule has 2 aromatic carbocycles. The van der Waals surface area contributed by atoms with Gasteiger partial charge in [-0.05, 0) is 37.3 Å². The van der Waals surface area contributed by atoms with Gasteiger partial charge in [-0.15, -0.1) is 4.99 Å². The zero-order chi connectivity index (χ0) is 20.3. The number of aromatic nitrogens is 1. The number of aryl methyl sites for hydroxylation is 1. The number of carbonyl (C=O) groups excluding carboxylic acids is 1. The molecule has 6 nitrogen and oxygen atoms in total. The molecule has 3 aromatic rings. The van der Waals surface area contributed by atoms with Gasteiger partial charge in [0.15, 0.2) is 5.76 Å². The second-order valence-electron chi connectivity index (χ2n) is 6.01. The Morgan fingerprint density at radius 2 is 1.96 bits per heavy atom. The predicted molar refractivity (Wildman–Crippen MR) is 105 cm³/mol. The maximum atomic E-state index is 13.5. The van der Waals surface area contributed by atoms with Crippen LogP contribution in [-0.4, -0.2) is 17.0 Å². The van der Waals surface area contributed by atoms with Crippen LogP contribution in [0.5, 0.6) is 0 Å². The minimum atomic E-state index is -0.629. The van der Waals surface area contributed by atoms with Crippen LogP contribution in [0.25, 0.3) is 11.3 Å². The Balaban J connectivity index is 1.79. The summed E-state index contributed by atoms with van der Waals surface area (Å²) in [6.07, 6.45) is 0. The summed E-state index contributed by atoms with van der Waals surface area (Å²) < 4.78 is 18.7. The molecule has 144 valence electrons. The highest BCUT2D eigenvalue weighted by molar-refractivity contribution is 6.34. The molecule has 0 aliphatic heterocycles. The SMILES string of the molecule is Cc1noc(-c2cccc(F)c2)c1C(=O)N=C(N)[NH2+]Cc1cc(Cl)cc(Cl)c1. The predicted octanol–water partition coefficient (Wildman–Crippen LogP) is 3.31. The van der Waals surface area contributed by atoms with Crippen LogP contribution in [-0.2, 0) is 6.54 Å². The molecule has 0 aliphatic rings. The van der Waals surface area contributed by atoms with E-state index < -0.39 is 11.7 Å². The molecule has 9 heteroatoms. The smallest absolute Gasteiger partial charge is 0.300 e. The van der Waals surface area contributed by atoms with Crippen LogP contribution in [0, 0.1) is 12.7 Å². The van der Waals surface area contributed by atoms with Gasteiger partial charge < -0.3 is 10.3 Å². The summed E-state index contributed by atoms with van der Waals surface area (Å²) >= 11 is 11.9. The normalized spacial score (nSPS) is 11.6. The number of halogens is 3. The lowest BCUT2D eigenvalue weighted by Gasteiger charge is -2.03. The number of amides is 1. The summed E-state index contributed by atoms with van der Waals surface area (Å²) in [6, 6.07) is 10.8. The minimum absolute atomic E-state index is 0.0203. The molecule has 1 heterocycles. The van der Waals surface area contributed by atoms with E-state index in [1.165, 1.54) is 18.2 Å². The van der Waals surface area contributed by atoms with E-state index in [2.05, 4.69) is 10.1 Å². The molecule has 28 heavy (non-hydrogen) atoms. The quantitative estimate of drug-likeness (QED) is 0.498. The highest BCUT2D eigenvalue weighted by Crippen LogP contribution is 2.27. The van der Waals surface area contributed by atoms with Gasteiger partial charge in [-0.1, -0.05) is 40.5 Å². The van der Waals surface area contributed by atoms with Gasteiger partial charge in [0.1, 0.15) is 17.9 Å². The van der Waals surface area contributed by atoms with Crippen molar-refractivity contribution in [3.05, 3.63) is 75.1 Å². The molecule has 0 unspecified atom stereocenters. The molecular weight excluding hydrogens is 406 g/mol. The van der Waals surface area contributed by atoms with Crippen LogP contribution in [0.4, 0.5) is 4.39 Å². The van der Waals surface area contributed by atoms with Gasteiger partial charge >= 0.3 is 0 Å². The lowest BCUT2D eigenvalue weighted by atomic mass is 10.1. The van der Waals surface area contributed by atoms with Crippen molar-refractivity contribution in [3.8, 4) is 11.3 Å². The third kappa shape index (κ3) is 4.75. The second kappa shape index (κ2) is 8.52. The van der Waals surface area contributed by atoms with Gasteiger partial charge in [-0.25, -0.2) is 4.39 Å². The minimum Gasteiger partial charge on any atom is -0.355 e. The number of carbonyl (C=O) groups is 1. The highest BCUT2D eigenvalue weighted by Gasteiger charge is 2.22. The van der Waals surface area contributed by atoms with Crippen LogP contribution >= 0.6 is 23.2 Å². The van der Waals surface area contributed by atoms with Crippen molar-refractivity contribution in [2.45, 2.75) is 13.5 Å². The van der Waals surface area contributed by atoms with E-state index in [9.17, 15) is 9.18 Å². The van der Waals surface area contributed by atoms with Crippen LogP contribution in [0.3, 0.4) is 0 Å². The largest absolute Gasteiger partial charge is 0.355 e. The maximum absolute atomic E-state index is 13.5. The van der Waals surface area contributed by atoms with Crippen LogP contribution in [0.1, 0.15) is 21.6 Å². The van der Waals surface area contributed by atoms with Gasteiger partial charge in [-0.2, -0.15) is 0 Å². The van der Waals surface area contributed by atoms with Crippen molar-refractivity contribution < 1.29 is 19.0 Å². The first-order valence-corrected chi connectivity index (χ1v) is 8.98. The second-order valence-corrected chi connectivity index (χ2v) is 6.88. The monoisotopic (exact) mass is 421 g/mol. The number of guanidine groups is 1. The van der Waals surface area contributed by atoms with Crippen molar-refractivity contribution in [1.82, 2.24) is 5.16 Å².